The number of halogens is 1. The molecule has 0 unspecified atom stereocenters. The summed E-state index contributed by atoms with van der Waals surface area (Å²) in [7, 11) is 0. The highest BCUT2D eigenvalue weighted by Gasteiger charge is 2.23. The second kappa shape index (κ2) is 4.18. The lowest BCUT2D eigenvalue weighted by Gasteiger charge is -2.05. The van der Waals surface area contributed by atoms with Crippen molar-refractivity contribution in [2.24, 2.45) is 0 Å². The van der Waals surface area contributed by atoms with Crippen LogP contribution in [0.15, 0.2) is 28.7 Å². The zero-order valence-electron chi connectivity index (χ0n) is 10.1. The van der Waals surface area contributed by atoms with Crippen molar-refractivity contribution < 1.29 is 9.15 Å². The van der Waals surface area contributed by atoms with Gasteiger partial charge in [0.1, 0.15) is 16.9 Å². The lowest BCUT2D eigenvalue weighted by atomic mass is 10.1. The first-order valence-electron chi connectivity index (χ1n) is 6.25. The van der Waals surface area contributed by atoms with Crippen molar-refractivity contribution in [2.45, 2.75) is 12.3 Å². The van der Waals surface area contributed by atoms with Gasteiger partial charge < -0.3 is 9.15 Å². The highest BCUT2D eigenvalue weighted by Crippen LogP contribution is 2.33. The summed E-state index contributed by atoms with van der Waals surface area (Å²) in [6, 6.07) is 7.79. The van der Waals surface area contributed by atoms with Gasteiger partial charge in [-0.1, -0.05) is 23.7 Å². The highest BCUT2D eigenvalue weighted by molar-refractivity contribution is 6.34. The largest absolute Gasteiger partial charge is 0.451 e. The Balaban J connectivity index is 2.00. The molecule has 1 aliphatic rings. The maximum absolute atomic E-state index is 6.23. The van der Waals surface area contributed by atoms with Gasteiger partial charge in [0.2, 0.25) is 0 Å². The summed E-state index contributed by atoms with van der Waals surface area (Å²) < 4.78 is 11.1. The van der Waals surface area contributed by atoms with E-state index < -0.39 is 0 Å². The molecule has 5 heteroatoms. The van der Waals surface area contributed by atoms with Crippen LogP contribution in [-0.4, -0.2) is 23.2 Å². The van der Waals surface area contributed by atoms with Crippen LogP contribution in [0.2, 0.25) is 5.15 Å². The maximum atomic E-state index is 6.23. The Hall–Kier alpha value is -1.65. The smallest absolute Gasteiger partial charge is 0.191 e. The molecule has 0 saturated carbocycles. The van der Waals surface area contributed by atoms with E-state index in [0.717, 1.165) is 35.3 Å². The van der Waals surface area contributed by atoms with Crippen molar-refractivity contribution >= 4 is 33.7 Å². The number of benzene rings is 1. The van der Waals surface area contributed by atoms with Crippen LogP contribution < -0.4 is 0 Å². The highest BCUT2D eigenvalue weighted by atomic mass is 35.5. The molecule has 1 aromatic carbocycles. The third-order valence-corrected chi connectivity index (χ3v) is 3.75. The van der Waals surface area contributed by atoms with Crippen LogP contribution in [0.5, 0.6) is 0 Å². The molecule has 2 aromatic heterocycles. The number of rotatable bonds is 1. The summed E-state index contributed by atoms with van der Waals surface area (Å²) in [5.41, 5.74) is 2.14. The molecule has 3 aromatic rings. The van der Waals surface area contributed by atoms with E-state index in [1.807, 2.05) is 24.3 Å². The molecule has 4 nitrogen and oxygen atoms in total. The van der Waals surface area contributed by atoms with Crippen molar-refractivity contribution in [1.29, 1.82) is 0 Å². The molecule has 0 spiro atoms. The quantitative estimate of drug-likeness (QED) is 0.637. The Morgan fingerprint density at radius 1 is 1.21 bits per heavy atom. The van der Waals surface area contributed by atoms with E-state index in [4.69, 9.17) is 20.8 Å². The predicted octanol–water partition coefficient (Wildman–Crippen LogP) is 3.53. The van der Waals surface area contributed by atoms with Crippen LogP contribution in [0.3, 0.4) is 0 Å². The summed E-state index contributed by atoms with van der Waals surface area (Å²) in [5, 5.41) is 1.35. The predicted molar refractivity (Wildman–Crippen MR) is 72.5 cm³/mol. The van der Waals surface area contributed by atoms with Crippen LogP contribution >= 0.6 is 11.6 Å². The van der Waals surface area contributed by atoms with Gasteiger partial charge in [-0.3, -0.25) is 0 Å². The molecule has 0 aliphatic carbocycles. The van der Waals surface area contributed by atoms with Crippen molar-refractivity contribution in [3.05, 3.63) is 35.2 Å². The van der Waals surface area contributed by atoms with Crippen molar-refractivity contribution in [2.75, 3.05) is 13.2 Å². The van der Waals surface area contributed by atoms with E-state index in [-0.39, 0.29) is 5.92 Å². The Morgan fingerprint density at radius 2 is 2.11 bits per heavy atom. The number of para-hydroxylation sites is 1. The fourth-order valence-corrected chi connectivity index (χ4v) is 2.71. The second-order valence-corrected chi connectivity index (χ2v) is 5.07. The first-order chi connectivity index (χ1) is 9.33. The summed E-state index contributed by atoms with van der Waals surface area (Å²) in [6.45, 7) is 1.42. The zero-order valence-corrected chi connectivity index (χ0v) is 10.9. The van der Waals surface area contributed by atoms with E-state index in [2.05, 4.69) is 9.97 Å². The molecule has 19 heavy (non-hydrogen) atoms. The summed E-state index contributed by atoms with van der Waals surface area (Å²) in [5.74, 6) is 0.983. The molecule has 0 amide bonds. The molecule has 0 N–H and O–H groups in total. The molecule has 4 rings (SSSR count). The Kier molecular flexibility index (Phi) is 2.47. The van der Waals surface area contributed by atoms with Crippen molar-refractivity contribution in [3.63, 3.8) is 0 Å². The number of fused-ring (bicyclic) bond motifs is 3. The number of aromatic nitrogens is 2. The lowest BCUT2D eigenvalue weighted by Crippen LogP contribution is -2.04. The third-order valence-electron chi connectivity index (χ3n) is 3.49. The van der Waals surface area contributed by atoms with Gasteiger partial charge in [0, 0.05) is 17.9 Å². The maximum Gasteiger partial charge on any atom is 0.191 e. The van der Waals surface area contributed by atoms with Gasteiger partial charge in [-0.05, 0) is 18.6 Å². The van der Waals surface area contributed by atoms with E-state index >= 15 is 0 Å². The molecular weight excluding hydrogens is 264 g/mol. The van der Waals surface area contributed by atoms with Crippen LogP contribution in [-0.2, 0) is 4.74 Å². The Morgan fingerprint density at radius 3 is 2.95 bits per heavy atom. The number of hydrogen-bond acceptors (Lipinski definition) is 4. The zero-order chi connectivity index (χ0) is 12.8. The minimum atomic E-state index is 0.232. The van der Waals surface area contributed by atoms with Gasteiger partial charge in [0.05, 0.1) is 6.61 Å². The topological polar surface area (TPSA) is 48.2 Å². The van der Waals surface area contributed by atoms with E-state index in [9.17, 15) is 0 Å². The minimum absolute atomic E-state index is 0.232. The molecule has 1 saturated heterocycles. The van der Waals surface area contributed by atoms with E-state index in [1.54, 1.807) is 0 Å². The number of hydrogen-bond donors (Lipinski definition) is 0. The van der Waals surface area contributed by atoms with Gasteiger partial charge in [-0.15, -0.1) is 0 Å². The summed E-state index contributed by atoms with van der Waals surface area (Å²) >= 11 is 6.23. The van der Waals surface area contributed by atoms with Crippen molar-refractivity contribution in [3.8, 4) is 0 Å². The van der Waals surface area contributed by atoms with Crippen LogP contribution in [0, 0.1) is 0 Å². The Labute approximate surface area is 114 Å². The van der Waals surface area contributed by atoms with Gasteiger partial charge in [-0.25, -0.2) is 9.97 Å². The monoisotopic (exact) mass is 274 g/mol. The minimum Gasteiger partial charge on any atom is -0.451 e. The lowest BCUT2D eigenvalue weighted by molar-refractivity contribution is 0.193. The molecular formula is C14H11ClN2O2. The Bertz CT molecular complexity index is 763. The molecule has 0 radical (unpaired) electrons. The summed E-state index contributed by atoms with van der Waals surface area (Å²) in [6.07, 6.45) is 0.942. The van der Waals surface area contributed by atoms with Gasteiger partial charge in [-0.2, -0.15) is 0 Å². The standard InChI is InChI=1S/C14H11ClN2O2/c15-13-12-11(9-3-1-2-4-10(9)19-12)16-14(17-13)8-5-6-18-7-8/h1-4,8H,5-7H2/t8-/m1/s1. The fraction of sp³-hybridized carbons (Fsp3) is 0.286. The molecule has 1 fully saturated rings. The average molecular weight is 275 g/mol. The number of furan rings is 1. The number of nitrogens with zero attached hydrogens (tertiary/aromatic N) is 2. The molecule has 0 bridgehead atoms. The molecule has 1 atom stereocenters. The first-order valence-corrected chi connectivity index (χ1v) is 6.63. The molecule has 3 heterocycles. The second-order valence-electron chi connectivity index (χ2n) is 4.71. The first kappa shape index (κ1) is 11.2. The van der Waals surface area contributed by atoms with Gasteiger partial charge >= 0.3 is 0 Å². The van der Waals surface area contributed by atoms with Gasteiger partial charge in [0.25, 0.3) is 0 Å². The summed E-state index contributed by atoms with van der Waals surface area (Å²) in [4.78, 5) is 9.00. The number of ether oxygens (including phenoxy) is 1. The average Bonchev–Trinajstić information content (AvgIpc) is 3.06. The molecule has 1 aliphatic heterocycles. The van der Waals surface area contributed by atoms with E-state index in [0.29, 0.717) is 17.3 Å². The SMILES string of the molecule is Clc1nc([C@@H]2CCOC2)nc2c1oc1ccccc12. The fourth-order valence-electron chi connectivity index (χ4n) is 2.49. The third kappa shape index (κ3) is 1.71. The molecule has 96 valence electrons. The van der Waals surface area contributed by atoms with Crippen LogP contribution in [0.4, 0.5) is 0 Å². The van der Waals surface area contributed by atoms with Crippen molar-refractivity contribution in [1.82, 2.24) is 9.97 Å². The van der Waals surface area contributed by atoms with Gasteiger partial charge in [0.15, 0.2) is 10.7 Å². The normalized spacial score (nSPS) is 19.5. The van der Waals surface area contributed by atoms with E-state index in [1.165, 1.54) is 0 Å². The van der Waals surface area contributed by atoms with Crippen LogP contribution in [0.25, 0.3) is 22.1 Å². The van der Waals surface area contributed by atoms with Crippen LogP contribution in [0.1, 0.15) is 18.2 Å².